The number of aryl methyl sites for hydroxylation is 1. The molecule has 1 amide bonds. The average Bonchev–Trinajstić information content (AvgIpc) is 2.62. The second-order valence-electron chi connectivity index (χ2n) is 5.55. The van der Waals surface area contributed by atoms with E-state index in [1.807, 2.05) is 31.2 Å². The zero-order valence-electron chi connectivity index (χ0n) is 14.1. The van der Waals surface area contributed by atoms with E-state index in [2.05, 4.69) is 20.3 Å². The van der Waals surface area contributed by atoms with Crippen LogP contribution in [-0.4, -0.2) is 29.1 Å². The molecule has 0 atom stereocenters. The topological polar surface area (TPSA) is 73.3 Å². The van der Waals surface area contributed by atoms with E-state index in [-0.39, 0.29) is 18.2 Å². The third kappa shape index (κ3) is 4.84. The molecule has 3 aromatic rings. The molecule has 6 nitrogen and oxygen atoms in total. The van der Waals surface area contributed by atoms with Gasteiger partial charge >= 0.3 is 6.36 Å². The first-order valence-corrected chi connectivity index (χ1v) is 7.82. The number of carbonyl (C=O) groups is 1. The molecule has 9 heteroatoms. The molecule has 0 saturated carbocycles. The Morgan fingerprint density at radius 3 is 2.37 bits per heavy atom. The number of halogens is 3. The van der Waals surface area contributed by atoms with Gasteiger partial charge in [-0.2, -0.15) is 5.10 Å². The van der Waals surface area contributed by atoms with Crippen LogP contribution in [0.1, 0.15) is 5.69 Å². The third-order valence-electron chi connectivity index (χ3n) is 3.55. The normalized spacial score (nSPS) is 11.3. The summed E-state index contributed by atoms with van der Waals surface area (Å²) < 4.78 is 45.6. The molecule has 0 aliphatic rings. The number of nitrogens with one attached hydrogen (secondary N) is 1. The number of anilines is 1. The maximum Gasteiger partial charge on any atom is 0.573 e. The monoisotopic (exact) mass is 377 g/mol. The van der Waals surface area contributed by atoms with Gasteiger partial charge in [0.15, 0.2) is 6.61 Å². The summed E-state index contributed by atoms with van der Waals surface area (Å²) in [7, 11) is 0. The van der Waals surface area contributed by atoms with Gasteiger partial charge in [0.2, 0.25) is 5.88 Å². The first kappa shape index (κ1) is 18.4. The third-order valence-corrected chi connectivity index (χ3v) is 3.55. The molecule has 0 unspecified atom stereocenters. The predicted octanol–water partition coefficient (Wildman–Crippen LogP) is 3.85. The second kappa shape index (κ2) is 7.48. The van der Waals surface area contributed by atoms with Crippen molar-refractivity contribution in [3.8, 4) is 11.6 Å². The Kier molecular flexibility index (Phi) is 5.11. The smallest absolute Gasteiger partial charge is 0.466 e. The molecule has 0 fully saturated rings. The molecule has 27 heavy (non-hydrogen) atoms. The number of fused-ring (bicyclic) bond motifs is 1. The molecule has 140 valence electrons. The molecule has 0 aliphatic carbocycles. The summed E-state index contributed by atoms with van der Waals surface area (Å²) in [5.41, 5.74) is 1.04. The molecule has 1 N–H and O–H groups in total. The highest BCUT2D eigenvalue weighted by atomic mass is 19.4. The lowest BCUT2D eigenvalue weighted by atomic mass is 10.1. The van der Waals surface area contributed by atoms with Crippen LogP contribution in [0.2, 0.25) is 0 Å². The van der Waals surface area contributed by atoms with Crippen LogP contribution in [0.4, 0.5) is 18.9 Å². The molecule has 1 heterocycles. The summed E-state index contributed by atoms with van der Waals surface area (Å²) in [6.07, 6.45) is -4.77. The number of aromatic nitrogens is 2. The lowest BCUT2D eigenvalue weighted by molar-refractivity contribution is -0.274. The zero-order chi connectivity index (χ0) is 19.4. The van der Waals surface area contributed by atoms with Crippen molar-refractivity contribution >= 4 is 22.4 Å². The molecule has 0 bridgehead atoms. The largest absolute Gasteiger partial charge is 0.573 e. The van der Waals surface area contributed by atoms with E-state index in [0.717, 1.165) is 28.6 Å². The van der Waals surface area contributed by atoms with Crippen molar-refractivity contribution in [2.45, 2.75) is 13.3 Å². The van der Waals surface area contributed by atoms with Crippen LogP contribution in [-0.2, 0) is 4.79 Å². The highest BCUT2D eigenvalue weighted by molar-refractivity contribution is 5.92. The van der Waals surface area contributed by atoms with Gasteiger partial charge in [0.05, 0.1) is 5.69 Å². The first-order valence-electron chi connectivity index (χ1n) is 7.82. The Morgan fingerprint density at radius 1 is 1.04 bits per heavy atom. The number of hydrogen-bond donors (Lipinski definition) is 1. The van der Waals surface area contributed by atoms with Crippen LogP contribution in [0.15, 0.2) is 48.5 Å². The molecular formula is C18H14F3N3O3. The quantitative estimate of drug-likeness (QED) is 0.731. The Labute approximate surface area is 151 Å². The van der Waals surface area contributed by atoms with Crippen molar-refractivity contribution in [2.24, 2.45) is 0 Å². The average molecular weight is 377 g/mol. The van der Waals surface area contributed by atoms with E-state index < -0.39 is 12.3 Å². The minimum atomic E-state index is -4.77. The molecule has 0 radical (unpaired) electrons. The number of benzene rings is 2. The van der Waals surface area contributed by atoms with Gasteiger partial charge in [0.1, 0.15) is 5.75 Å². The van der Waals surface area contributed by atoms with E-state index in [1.54, 1.807) is 0 Å². The van der Waals surface area contributed by atoms with Gasteiger partial charge < -0.3 is 14.8 Å². The number of ether oxygens (including phenoxy) is 2. The summed E-state index contributed by atoms with van der Waals surface area (Å²) in [6.45, 7) is 1.49. The summed E-state index contributed by atoms with van der Waals surface area (Å²) in [4.78, 5) is 12.0. The minimum absolute atomic E-state index is 0.222. The number of amides is 1. The van der Waals surface area contributed by atoms with Gasteiger partial charge in [-0.15, -0.1) is 18.3 Å². The van der Waals surface area contributed by atoms with Gasteiger partial charge in [0, 0.05) is 16.5 Å². The fraction of sp³-hybridized carbons (Fsp3) is 0.167. The summed E-state index contributed by atoms with van der Waals surface area (Å²) in [5.74, 6) is -0.649. The van der Waals surface area contributed by atoms with Gasteiger partial charge in [-0.3, -0.25) is 4.79 Å². The fourth-order valence-electron chi connectivity index (χ4n) is 2.39. The molecule has 0 spiro atoms. The van der Waals surface area contributed by atoms with Crippen LogP contribution in [0.25, 0.3) is 10.8 Å². The van der Waals surface area contributed by atoms with Crippen LogP contribution < -0.4 is 14.8 Å². The van der Waals surface area contributed by atoms with E-state index >= 15 is 0 Å². The number of rotatable bonds is 5. The van der Waals surface area contributed by atoms with Crippen molar-refractivity contribution in [3.63, 3.8) is 0 Å². The van der Waals surface area contributed by atoms with Gasteiger partial charge in [-0.25, -0.2) is 0 Å². The predicted molar refractivity (Wildman–Crippen MR) is 91.5 cm³/mol. The highest BCUT2D eigenvalue weighted by Crippen LogP contribution is 2.25. The number of hydrogen-bond acceptors (Lipinski definition) is 5. The van der Waals surface area contributed by atoms with Crippen LogP contribution >= 0.6 is 0 Å². The summed E-state index contributed by atoms with van der Waals surface area (Å²) >= 11 is 0. The fourth-order valence-corrected chi connectivity index (χ4v) is 2.39. The standard InChI is InChI=1S/C18H14F3N3O3/c1-11-14-4-2-3-5-15(14)17(24-23-11)26-10-16(25)22-12-6-8-13(9-7-12)27-18(19,20)21/h2-9H,10H2,1H3,(H,22,25). The second-order valence-corrected chi connectivity index (χ2v) is 5.55. The highest BCUT2D eigenvalue weighted by Gasteiger charge is 2.30. The number of alkyl halides is 3. The van der Waals surface area contributed by atoms with E-state index in [0.29, 0.717) is 5.69 Å². The van der Waals surface area contributed by atoms with Crippen LogP contribution in [0.5, 0.6) is 11.6 Å². The zero-order valence-corrected chi connectivity index (χ0v) is 14.1. The Morgan fingerprint density at radius 2 is 1.70 bits per heavy atom. The van der Waals surface area contributed by atoms with Crippen molar-refractivity contribution in [1.29, 1.82) is 0 Å². The molecule has 2 aromatic carbocycles. The Hall–Kier alpha value is -3.36. The van der Waals surface area contributed by atoms with E-state index in [9.17, 15) is 18.0 Å². The van der Waals surface area contributed by atoms with Gasteiger partial charge in [0.25, 0.3) is 5.91 Å². The molecular weight excluding hydrogens is 363 g/mol. The van der Waals surface area contributed by atoms with Crippen LogP contribution in [0.3, 0.4) is 0 Å². The van der Waals surface area contributed by atoms with Crippen molar-refractivity contribution in [2.75, 3.05) is 11.9 Å². The van der Waals surface area contributed by atoms with Crippen molar-refractivity contribution in [3.05, 3.63) is 54.2 Å². The number of carbonyl (C=O) groups excluding carboxylic acids is 1. The SMILES string of the molecule is Cc1nnc(OCC(=O)Nc2ccc(OC(F)(F)F)cc2)c2ccccc12. The Balaban J connectivity index is 1.61. The number of nitrogens with zero attached hydrogens (tertiary/aromatic N) is 2. The maximum atomic E-state index is 12.1. The van der Waals surface area contributed by atoms with E-state index in [1.165, 1.54) is 12.1 Å². The van der Waals surface area contributed by atoms with Gasteiger partial charge in [-0.05, 0) is 37.3 Å². The van der Waals surface area contributed by atoms with Crippen molar-refractivity contribution < 1.29 is 27.4 Å². The summed E-state index contributed by atoms with van der Waals surface area (Å²) in [6, 6.07) is 12.1. The van der Waals surface area contributed by atoms with Crippen molar-refractivity contribution in [1.82, 2.24) is 10.2 Å². The minimum Gasteiger partial charge on any atom is -0.466 e. The van der Waals surface area contributed by atoms with E-state index in [4.69, 9.17) is 4.74 Å². The van der Waals surface area contributed by atoms with Gasteiger partial charge in [-0.1, -0.05) is 18.2 Å². The first-order chi connectivity index (χ1) is 12.8. The molecule has 0 aliphatic heterocycles. The molecule has 0 saturated heterocycles. The molecule has 1 aromatic heterocycles. The summed E-state index contributed by atoms with van der Waals surface area (Å²) in [5, 5.41) is 12.1. The molecule has 3 rings (SSSR count). The lowest BCUT2D eigenvalue weighted by Gasteiger charge is -2.11. The lowest BCUT2D eigenvalue weighted by Crippen LogP contribution is -2.21. The Bertz CT molecular complexity index is 959. The maximum absolute atomic E-state index is 12.1. The van der Waals surface area contributed by atoms with Crippen LogP contribution in [0, 0.1) is 6.92 Å².